The first kappa shape index (κ1) is 36.6. The molecule has 2 aliphatic carbocycles. The van der Waals surface area contributed by atoms with Crippen molar-refractivity contribution in [1.29, 1.82) is 0 Å². The third-order valence-corrected chi connectivity index (χ3v) is 9.43. The lowest BCUT2D eigenvalue weighted by atomic mass is 9.71. The van der Waals surface area contributed by atoms with E-state index in [4.69, 9.17) is 42.3 Å². The molecule has 0 spiro atoms. The number of hydrogen-bond acceptors (Lipinski definition) is 18. The zero-order valence-corrected chi connectivity index (χ0v) is 24.7. The highest BCUT2D eigenvalue weighted by Crippen LogP contribution is 2.38. The van der Waals surface area contributed by atoms with E-state index in [1.807, 2.05) is 0 Å². The minimum absolute atomic E-state index is 0.00929. The van der Waals surface area contributed by atoms with Crippen molar-refractivity contribution < 1.29 is 65.0 Å². The molecule has 2 unspecified atom stereocenters. The summed E-state index contributed by atoms with van der Waals surface area (Å²) in [7, 11) is 0. The Labute approximate surface area is 259 Å². The van der Waals surface area contributed by atoms with E-state index >= 15 is 0 Å². The summed E-state index contributed by atoms with van der Waals surface area (Å²) in [6.07, 6.45) is -16.8. The van der Waals surface area contributed by atoms with Gasteiger partial charge >= 0.3 is 0 Å². The first-order valence-corrected chi connectivity index (χ1v) is 15.2. The Balaban J connectivity index is 1.58. The second-order valence-electron chi connectivity index (χ2n) is 12.8. The Kier molecular flexibility index (Phi) is 12.1. The lowest BCUT2D eigenvalue weighted by molar-refractivity contribution is -0.310. The molecule has 0 aromatic heterocycles. The predicted molar refractivity (Wildman–Crippen MR) is 151 cm³/mol. The van der Waals surface area contributed by atoms with E-state index in [0.717, 1.165) is 0 Å². The first-order chi connectivity index (χ1) is 21.1. The Morgan fingerprint density at radius 3 is 2.18 bits per heavy atom. The van der Waals surface area contributed by atoms with Gasteiger partial charge in [-0.25, -0.2) is 0 Å². The maximum atomic E-state index is 13.1. The lowest BCUT2D eigenvalue weighted by Gasteiger charge is -2.52. The van der Waals surface area contributed by atoms with Crippen LogP contribution in [0.2, 0.25) is 0 Å². The second-order valence-corrected chi connectivity index (χ2v) is 12.8. The number of amides is 1. The van der Waals surface area contributed by atoms with Crippen molar-refractivity contribution in [3.8, 4) is 0 Å². The molecule has 16 atom stereocenters. The quantitative estimate of drug-likeness (QED) is 0.0982. The van der Waals surface area contributed by atoms with Gasteiger partial charge in [0.15, 0.2) is 6.29 Å². The molecule has 0 aromatic rings. The molecular formula is C26H50N6O13. The summed E-state index contributed by atoms with van der Waals surface area (Å²) >= 11 is 0. The summed E-state index contributed by atoms with van der Waals surface area (Å²) in [5.74, 6) is -2.00. The molecule has 2 aliphatic heterocycles. The van der Waals surface area contributed by atoms with Crippen molar-refractivity contribution in [3.05, 3.63) is 0 Å². The number of nitrogens with two attached hydrogens (primary N) is 4. The largest absolute Gasteiger partial charge is 0.395 e. The number of aliphatic hydroxyl groups is 9. The SMILES string of the molecule is NC(CO)CNC[C@H]1O[C@H](C2[C@@H](N)C[C@@H](NC(=O)C3(O)CC(N)C3)[C@H](O[C@H]3O[C@H](CO)[C@@H](O)[C@H](N)[C@H]3O)[C@H]2O)[C@H](O)[C@@H](O)[C@@H]1O. The van der Waals surface area contributed by atoms with Crippen molar-refractivity contribution >= 4 is 5.91 Å². The zero-order chi connectivity index (χ0) is 33.4. The molecule has 0 aromatic carbocycles. The molecule has 19 heteroatoms. The highest BCUT2D eigenvalue weighted by molar-refractivity contribution is 5.86. The average Bonchev–Trinajstić information content (AvgIpc) is 2.98. The molecule has 0 radical (unpaired) electrons. The maximum Gasteiger partial charge on any atom is 0.252 e. The Bertz CT molecular complexity index is 982. The van der Waals surface area contributed by atoms with Gasteiger partial charge in [0.25, 0.3) is 5.91 Å². The molecule has 0 bridgehead atoms. The topological polar surface area (TPSA) is 355 Å². The number of rotatable bonds is 11. The normalized spacial score (nSPS) is 49.6. The van der Waals surface area contributed by atoms with Crippen LogP contribution in [0.4, 0.5) is 0 Å². The van der Waals surface area contributed by atoms with Gasteiger partial charge in [-0.1, -0.05) is 0 Å². The van der Waals surface area contributed by atoms with Gasteiger partial charge in [0, 0.05) is 50.0 Å². The summed E-state index contributed by atoms with van der Waals surface area (Å²) in [5, 5.41) is 100. The monoisotopic (exact) mass is 654 g/mol. The smallest absolute Gasteiger partial charge is 0.252 e. The fourth-order valence-electron chi connectivity index (χ4n) is 6.67. The lowest BCUT2D eigenvalue weighted by Crippen LogP contribution is -2.72. The van der Waals surface area contributed by atoms with Crippen LogP contribution >= 0.6 is 0 Å². The third kappa shape index (κ3) is 7.60. The number of nitrogens with one attached hydrogen (secondary N) is 2. The molecule has 2 saturated heterocycles. The summed E-state index contributed by atoms with van der Waals surface area (Å²) in [6, 6.07) is -4.45. The van der Waals surface area contributed by atoms with E-state index in [-0.39, 0.29) is 45.0 Å². The van der Waals surface area contributed by atoms with Crippen molar-refractivity contribution in [1.82, 2.24) is 10.6 Å². The van der Waals surface area contributed by atoms with Crippen molar-refractivity contribution in [2.45, 2.75) is 122 Å². The van der Waals surface area contributed by atoms with Crippen LogP contribution in [0, 0.1) is 5.92 Å². The third-order valence-electron chi connectivity index (χ3n) is 9.43. The van der Waals surface area contributed by atoms with Gasteiger partial charge < -0.3 is 93.7 Å². The van der Waals surface area contributed by atoms with Crippen molar-refractivity contribution in [2.24, 2.45) is 28.9 Å². The molecule has 4 rings (SSSR count). The summed E-state index contributed by atoms with van der Waals surface area (Å²) in [4.78, 5) is 13.1. The van der Waals surface area contributed by atoms with E-state index < -0.39 is 116 Å². The second kappa shape index (κ2) is 14.9. The Morgan fingerprint density at radius 1 is 0.911 bits per heavy atom. The molecule has 4 aliphatic rings. The van der Waals surface area contributed by atoms with Gasteiger partial charge in [0.2, 0.25) is 0 Å². The zero-order valence-electron chi connectivity index (χ0n) is 24.7. The molecule has 2 heterocycles. The molecule has 19 N–H and O–H groups in total. The van der Waals surface area contributed by atoms with E-state index in [2.05, 4.69) is 10.6 Å². The van der Waals surface area contributed by atoms with Gasteiger partial charge in [-0.2, -0.15) is 0 Å². The highest BCUT2D eigenvalue weighted by atomic mass is 16.7. The van der Waals surface area contributed by atoms with Crippen LogP contribution in [-0.2, 0) is 19.0 Å². The van der Waals surface area contributed by atoms with Crippen LogP contribution in [0.5, 0.6) is 0 Å². The molecule has 2 saturated carbocycles. The van der Waals surface area contributed by atoms with Gasteiger partial charge in [0.1, 0.15) is 48.3 Å². The number of aliphatic hydroxyl groups excluding tert-OH is 8. The molecule has 1 amide bonds. The molecular weight excluding hydrogens is 604 g/mol. The van der Waals surface area contributed by atoms with Crippen molar-refractivity contribution in [2.75, 3.05) is 26.3 Å². The van der Waals surface area contributed by atoms with Crippen LogP contribution in [0.15, 0.2) is 0 Å². The van der Waals surface area contributed by atoms with Crippen LogP contribution in [-0.4, -0.2) is 181 Å². The van der Waals surface area contributed by atoms with E-state index in [0.29, 0.717) is 0 Å². The van der Waals surface area contributed by atoms with E-state index in [1.54, 1.807) is 0 Å². The van der Waals surface area contributed by atoms with Crippen LogP contribution in [0.3, 0.4) is 0 Å². The fraction of sp³-hybridized carbons (Fsp3) is 0.962. The van der Waals surface area contributed by atoms with E-state index in [9.17, 15) is 45.6 Å². The van der Waals surface area contributed by atoms with Crippen LogP contribution in [0.1, 0.15) is 19.3 Å². The predicted octanol–water partition coefficient (Wildman–Crippen LogP) is -9.06. The molecule has 19 nitrogen and oxygen atoms in total. The maximum absolute atomic E-state index is 13.1. The number of carbonyl (C=O) groups excluding carboxylic acids is 1. The average molecular weight is 655 g/mol. The Morgan fingerprint density at radius 2 is 1.58 bits per heavy atom. The van der Waals surface area contributed by atoms with Crippen LogP contribution in [0.25, 0.3) is 0 Å². The number of hydrogen-bond donors (Lipinski definition) is 15. The molecule has 4 fully saturated rings. The summed E-state index contributed by atoms with van der Waals surface area (Å²) in [5.41, 5.74) is 22.1. The summed E-state index contributed by atoms with van der Waals surface area (Å²) < 4.78 is 17.5. The van der Waals surface area contributed by atoms with E-state index in [1.165, 1.54) is 0 Å². The first-order valence-electron chi connectivity index (χ1n) is 15.2. The molecule has 45 heavy (non-hydrogen) atoms. The Hall–Kier alpha value is -1.21. The van der Waals surface area contributed by atoms with Crippen LogP contribution < -0.4 is 33.6 Å². The van der Waals surface area contributed by atoms with Gasteiger partial charge in [0.05, 0.1) is 43.6 Å². The van der Waals surface area contributed by atoms with Crippen molar-refractivity contribution in [3.63, 3.8) is 0 Å². The number of carbonyl (C=O) groups is 1. The fourth-order valence-corrected chi connectivity index (χ4v) is 6.67. The minimum atomic E-state index is -1.77. The molecule has 262 valence electrons. The van der Waals surface area contributed by atoms with Gasteiger partial charge in [-0.3, -0.25) is 4.79 Å². The highest BCUT2D eigenvalue weighted by Gasteiger charge is 2.57. The van der Waals surface area contributed by atoms with Gasteiger partial charge in [-0.05, 0) is 6.42 Å². The minimum Gasteiger partial charge on any atom is -0.395 e. The standard InChI is InChI=1S/C26H50N6O13/c27-8-2-26(42,3-8)25(41)32-11-1-10(29)14(18(37)22(11)45-24-19(38)15(30)16(35)13(7-34)44-24)23-21(40)20(39)17(36)12(43-23)5-31-4-9(28)6-33/h8-24,31,33-40,42H,1-7,27-30H2,(H,32,41)/t8?,9?,10-,11+,12+,13+,14?,15-,16+,17+,18-,19+,20-,21+,22-,23+,24+,26?/m0/s1. The summed E-state index contributed by atoms with van der Waals surface area (Å²) in [6.45, 7) is -0.907. The number of ether oxygens (including phenoxy) is 3. The van der Waals surface area contributed by atoms with Gasteiger partial charge in [-0.15, -0.1) is 0 Å².